The summed E-state index contributed by atoms with van der Waals surface area (Å²) in [6.45, 7) is 2.77. The number of pyridine rings is 1. The van der Waals surface area contributed by atoms with Crippen LogP contribution in [0.1, 0.15) is 18.9 Å². The Morgan fingerprint density at radius 1 is 1.46 bits per heavy atom. The second-order valence-corrected chi connectivity index (χ2v) is 6.32. The number of nitrogens with zero attached hydrogens (tertiary/aromatic N) is 3. The van der Waals surface area contributed by atoms with Gasteiger partial charge in [-0.1, -0.05) is 0 Å². The highest BCUT2D eigenvalue weighted by atomic mass is 19.1. The molecule has 1 aromatic carbocycles. The molecule has 3 rings (SSSR count). The molecule has 1 saturated heterocycles. The number of morpholine rings is 1. The highest BCUT2D eigenvalue weighted by molar-refractivity contribution is 5.95. The van der Waals surface area contributed by atoms with Crippen molar-refractivity contribution in [1.82, 2.24) is 10.3 Å². The van der Waals surface area contributed by atoms with Crippen LogP contribution in [-0.4, -0.2) is 49.4 Å². The highest BCUT2D eigenvalue weighted by Gasteiger charge is 2.31. The fourth-order valence-corrected chi connectivity index (χ4v) is 3.21. The van der Waals surface area contributed by atoms with Crippen LogP contribution in [-0.2, 0) is 9.53 Å². The molecule has 0 saturated carbocycles. The van der Waals surface area contributed by atoms with E-state index in [4.69, 9.17) is 4.74 Å². The summed E-state index contributed by atoms with van der Waals surface area (Å²) < 4.78 is 18.0. The van der Waals surface area contributed by atoms with E-state index in [1.54, 1.807) is 12.3 Å². The van der Waals surface area contributed by atoms with Gasteiger partial charge in [0.2, 0.25) is 0 Å². The largest absolute Gasteiger partial charge is 0.365 e. The molecule has 0 spiro atoms. The minimum atomic E-state index is -0.624. The third-order valence-electron chi connectivity index (χ3n) is 4.37. The number of carbonyl (C=O) groups excluding carboxylic acids is 1. The predicted octanol–water partition coefficient (Wildman–Crippen LogP) is 2.18. The second-order valence-electron chi connectivity index (χ2n) is 6.32. The zero-order valence-corrected chi connectivity index (χ0v) is 14.6. The summed E-state index contributed by atoms with van der Waals surface area (Å²) in [4.78, 5) is 18.7. The number of amides is 1. The highest BCUT2D eigenvalue weighted by Crippen LogP contribution is 2.30. The molecule has 1 aliphatic rings. The number of fused-ring (bicyclic) bond motifs is 1. The van der Waals surface area contributed by atoms with Gasteiger partial charge in [-0.3, -0.25) is 14.2 Å². The van der Waals surface area contributed by atoms with Gasteiger partial charge in [-0.25, -0.2) is 0 Å². The van der Waals surface area contributed by atoms with Crippen molar-refractivity contribution in [2.45, 2.75) is 25.6 Å². The molecule has 0 aliphatic carbocycles. The van der Waals surface area contributed by atoms with E-state index in [9.17, 15) is 14.4 Å². The van der Waals surface area contributed by atoms with Crippen LogP contribution < -0.4 is 10.2 Å². The van der Waals surface area contributed by atoms with Crippen LogP contribution >= 0.6 is 0 Å². The van der Waals surface area contributed by atoms with Gasteiger partial charge in [0, 0.05) is 30.4 Å². The van der Waals surface area contributed by atoms with Crippen molar-refractivity contribution in [1.29, 1.82) is 5.26 Å². The Kier molecular flexibility index (Phi) is 5.64. The summed E-state index contributed by atoms with van der Waals surface area (Å²) in [5, 5.41) is 12.9. The molecule has 1 aromatic heterocycles. The Bertz CT molecular complexity index is 836. The van der Waals surface area contributed by atoms with Crippen LogP contribution in [0.4, 0.5) is 10.1 Å². The average Bonchev–Trinajstić information content (AvgIpc) is 2.66. The van der Waals surface area contributed by atoms with Gasteiger partial charge in [-0.15, -0.1) is 0 Å². The van der Waals surface area contributed by atoms with E-state index in [0.717, 1.165) is 11.1 Å². The predicted molar refractivity (Wildman–Crippen MR) is 96.6 cm³/mol. The third-order valence-corrected chi connectivity index (χ3v) is 4.37. The van der Waals surface area contributed by atoms with Gasteiger partial charge in [-0.05, 0) is 37.6 Å². The van der Waals surface area contributed by atoms with Crippen LogP contribution in [0.3, 0.4) is 0 Å². The maximum absolute atomic E-state index is 12.3. The van der Waals surface area contributed by atoms with Crippen LogP contribution in [0.5, 0.6) is 0 Å². The van der Waals surface area contributed by atoms with Crippen molar-refractivity contribution in [2.75, 3.05) is 31.2 Å². The molecule has 136 valence electrons. The molecule has 6 nitrogen and oxygen atoms in total. The van der Waals surface area contributed by atoms with E-state index in [1.807, 2.05) is 25.1 Å². The number of hydrogen-bond acceptors (Lipinski definition) is 5. The fourth-order valence-electron chi connectivity index (χ4n) is 3.21. The Morgan fingerprint density at radius 3 is 3.08 bits per heavy atom. The fraction of sp³-hybridized carbons (Fsp3) is 0.421. The lowest BCUT2D eigenvalue weighted by molar-refractivity contribution is -0.137. The topological polar surface area (TPSA) is 78.2 Å². The number of nitrogens with one attached hydrogen (secondary N) is 1. The number of halogens is 1. The molecular formula is C19H21FN4O2. The number of carbonyl (C=O) groups is 1. The first-order valence-corrected chi connectivity index (χ1v) is 8.66. The Labute approximate surface area is 151 Å². The zero-order chi connectivity index (χ0) is 18.5. The first-order chi connectivity index (χ1) is 12.6. The number of aromatic nitrogens is 1. The van der Waals surface area contributed by atoms with Crippen LogP contribution in [0.15, 0.2) is 30.5 Å². The van der Waals surface area contributed by atoms with Crippen molar-refractivity contribution in [2.24, 2.45) is 0 Å². The van der Waals surface area contributed by atoms with Gasteiger partial charge in [0.25, 0.3) is 5.91 Å². The van der Waals surface area contributed by atoms with E-state index in [0.29, 0.717) is 37.1 Å². The van der Waals surface area contributed by atoms with E-state index in [2.05, 4.69) is 21.3 Å². The van der Waals surface area contributed by atoms with Gasteiger partial charge < -0.3 is 15.0 Å². The lowest BCUT2D eigenvalue weighted by Crippen LogP contribution is -2.53. The molecule has 2 atom stereocenters. The average molecular weight is 356 g/mol. The monoisotopic (exact) mass is 356 g/mol. The van der Waals surface area contributed by atoms with Gasteiger partial charge in [0.1, 0.15) is 6.07 Å². The van der Waals surface area contributed by atoms with Crippen molar-refractivity contribution in [3.63, 3.8) is 0 Å². The second kappa shape index (κ2) is 8.11. The summed E-state index contributed by atoms with van der Waals surface area (Å²) >= 11 is 0. The quantitative estimate of drug-likeness (QED) is 0.831. The number of alkyl halides is 1. The SMILES string of the molecule is C[C@@H]1CN(c2ccc(C#N)c3ncccc23)C[C@H](C(=O)NCCCF)O1. The number of nitriles is 1. The van der Waals surface area contributed by atoms with E-state index in [-0.39, 0.29) is 12.0 Å². The molecule has 1 N–H and O–H groups in total. The molecule has 1 fully saturated rings. The van der Waals surface area contributed by atoms with Crippen LogP contribution in [0.25, 0.3) is 10.9 Å². The smallest absolute Gasteiger partial charge is 0.251 e. The first kappa shape index (κ1) is 18.1. The summed E-state index contributed by atoms with van der Waals surface area (Å²) in [7, 11) is 0. The van der Waals surface area contributed by atoms with Crippen LogP contribution in [0, 0.1) is 11.3 Å². The zero-order valence-electron chi connectivity index (χ0n) is 14.6. The number of anilines is 1. The standard InChI is InChI=1S/C19H21FN4O2/c1-13-11-24(12-17(26-13)19(25)23-9-3-7-20)16-6-5-14(10-21)18-15(16)4-2-8-22-18/h2,4-6,8,13,17H,3,7,9,11-12H2,1H3,(H,23,25)/t13-,17-/m1/s1. The Hall–Kier alpha value is -2.72. The number of ether oxygens (including phenoxy) is 1. The lowest BCUT2D eigenvalue weighted by atomic mass is 10.1. The van der Waals surface area contributed by atoms with E-state index < -0.39 is 12.8 Å². The first-order valence-electron chi connectivity index (χ1n) is 8.66. The summed E-state index contributed by atoms with van der Waals surface area (Å²) in [5.41, 5.74) is 2.09. The van der Waals surface area contributed by atoms with Gasteiger partial charge in [0.05, 0.1) is 30.4 Å². The Balaban J connectivity index is 1.86. The lowest BCUT2D eigenvalue weighted by Gasteiger charge is -2.38. The molecule has 0 bridgehead atoms. The molecule has 2 aromatic rings. The summed E-state index contributed by atoms with van der Waals surface area (Å²) in [6.07, 6.45) is 1.20. The molecule has 1 aliphatic heterocycles. The van der Waals surface area contributed by atoms with Gasteiger partial charge in [0.15, 0.2) is 6.10 Å². The van der Waals surface area contributed by atoms with Gasteiger partial charge >= 0.3 is 0 Å². The van der Waals surface area contributed by atoms with Crippen molar-refractivity contribution >= 4 is 22.5 Å². The van der Waals surface area contributed by atoms with E-state index in [1.165, 1.54) is 0 Å². The minimum absolute atomic E-state index is 0.136. The molecule has 0 unspecified atom stereocenters. The summed E-state index contributed by atoms with van der Waals surface area (Å²) in [6, 6.07) is 9.56. The molecule has 2 heterocycles. The molecule has 26 heavy (non-hydrogen) atoms. The maximum atomic E-state index is 12.3. The van der Waals surface area contributed by atoms with Crippen molar-refractivity contribution in [3.05, 3.63) is 36.0 Å². The number of rotatable bonds is 5. The third kappa shape index (κ3) is 3.75. The van der Waals surface area contributed by atoms with Crippen molar-refractivity contribution < 1.29 is 13.9 Å². The normalized spacial score (nSPS) is 20.0. The summed E-state index contributed by atoms with van der Waals surface area (Å²) in [5.74, 6) is -0.230. The molecule has 0 radical (unpaired) electrons. The molecule has 1 amide bonds. The number of benzene rings is 1. The number of hydrogen-bond donors (Lipinski definition) is 1. The van der Waals surface area contributed by atoms with E-state index >= 15 is 0 Å². The molecular weight excluding hydrogens is 335 g/mol. The van der Waals surface area contributed by atoms with Gasteiger partial charge in [-0.2, -0.15) is 5.26 Å². The minimum Gasteiger partial charge on any atom is -0.365 e. The van der Waals surface area contributed by atoms with Crippen molar-refractivity contribution in [3.8, 4) is 6.07 Å². The Morgan fingerprint density at radius 2 is 2.31 bits per heavy atom. The van der Waals surface area contributed by atoms with Crippen LogP contribution in [0.2, 0.25) is 0 Å². The maximum Gasteiger partial charge on any atom is 0.251 e. The molecule has 7 heteroatoms.